The highest BCUT2D eigenvalue weighted by atomic mass is 16.2. The summed E-state index contributed by atoms with van der Waals surface area (Å²) in [4.78, 5) is 12.3. The summed E-state index contributed by atoms with van der Waals surface area (Å²) in [5, 5.41) is 11.0. The number of hydrogen-bond donors (Lipinski definition) is 2. The molecule has 2 unspecified atom stereocenters. The maximum atomic E-state index is 12.3. The second-order valence-electron chi connectivity index (χ2n) is 6.99. The zero-order valence-electron chi connectivity index (χ0n) is 13.3. The molecule has 3 N–H and O–H groups in total. The topological polar surface area (TPSA) is 85.8 Å². The number of carbonyl (C=O) groups excluding carboxylic acids is 1. The van der Waals surface area contributed by atoms with E-state index < -0.39 is 0 Å². The Morgan fingerprint density at radius 1 is 1.43 bits per heavy atom. The SMILES string of the molecule is CC(C)(C)C1CCCCC1NC(=O)c1cn(CCN)nn1. The van der Waals surface area contributed by atoms with Gasteiger partial charge in [-0.1, -0.05) is 38.8 Å². The van der Waals surface area contributed by atoms with E-state index in [4.69, 9.17) is 5.73 Å². The van der Waals surface area contributed by atoms with Crippen LogP contribution in [0.5, 0.6) is 0 Å². The molecule has 0 spiro atoms. The standard InChI is InChI=1S/C15H27N5O/c1-15(2,3)11-6-4-5-7-12(11)17-14(21)13-10-20(9-8-16)19-18-13/h10-12H,4-9,16H2,1-3H3,(H,17,21). The summed E-state index contributed by atoms with van der Waals surface area (Å²) in [5.41, 5.74) is 6.05. The minimum absolute atomic E-state index is 0.126. The predicted molar refractivity (Wildman–Crippen MR) is 81.7 cm³/mol. The van der Waals surface area contributed by atoms with E-state index in [2.05, 4.69) is 36.4 Å². The fourth-order valence-electron chi connectivity index (χ4n) is 3.23. The van der Waals surface area contributed by atoms with Crippen molar-refractivity contribution in [3.8, 4) is 0 Å². The maximum Gasteiger partial charge on any atom is 0.273 e. The fourth-order valence-corrected chi connectivity index (χ4v) is 3.23. The summed E-state index contributed by atoms with van der Waals surface area (Å²) < 4.78 is 1.61. The van der Waals surface area contributed by atoms with E-state index in [1.807, 2.05) is 0 Å². The molecule has 1 aromatic heterocycles. The second-order valence-corrected chi connectivity index (χ2v) is 6.99. The number of carbonyl (C=O) groups is 1. The van der Waals surface area contributed by atoms with Gasteiger partial charge in [-0.2, -0.15) is 0 Å². The Labute approximate surface area is 126 Å². The van der Waals surface area contributed by atoms with E-state index in [0.717, 1.165) is 6.42 Å². The first kappa shape index (κ1) is 15.9. The molecule has 118 valence electrons. The van der Waals surface area contributed by atoms with E-state index in [-0.39, 0.29) is 17.4 Å². The van der Waals surface area contributed by atoms with Gasteiger partial charge in [0.25, 0.3) is 5.91 Å². The van der Waals surface area contributed by atoms with Crippen molar-refractivity contribution < 1.29 is 4.79 Å². The third-order valence-corrected chi connectivity index (χ3v) is 4.32. The van der Waals surface area contributed by atoms with E-state index in [1.54, 1.807) is 10.9 Å². The Bertz CT molecular complexity index is 477. The van der Waals surface area contributed by atoms with E-state index in [9.17, 15) is 4.79 Å². The third-order valence-electron chi connectivity index (χ3n) is 4.32. The number of aromatic nitrogens is 3. The number of rotatable bonds is 4. The lowest BCUT2D eigenvalue weighted by atomic mass is 9.69. The molecule has 0 bridgehead atoms. The van der Waals surface area contributed by atoms with Gasteiger partial charge in [0.05, 0.1) is 12.7 Å². The van der Waals surface area contributed by atoms with Gasteiger partial charge in [0, 0.05) is 12.6 Å². The molecule has 1 aromatic rings. The average Bonchev–Trinajstić information content (AvgIpc) is 2.87. The molecule has 21 heavy (non-hydrogen) atoms. The quantitative estimate of drug-likeness (QED) is 0.882. The zero-order valence-corrected chi connectivity index (χ0v) is 13.3. The molecule has 1 fully saturated rings. The van der Waals surface area contributed by atoms with Crippen LogP contribution in [-0.2, 0) is 6.54 Å². The van der Waals surface area contributed by atoms with Crippen LogP contribution in [0.25, 0.3) is 0 Å². The molecule has 1 aliphatic carbocycles. The van der Waals surface area contributed by atoms with Gasteiger partial charge in [-0.05, 0) is 24.2 Å². The van der Waals surface area contributed by atoms with Crippen LogP contribution < -0.4 is 11.1 Å². The Morgan fingerprint density at radius 2 is 2.14 bits per heavy atom. The number of nitrogens with one attached hydrogen (secondary N) is 1. The molecule has 2 atom stereocenters. The molecule has 0 saturated heterocycles. The van der Waals surface area contributed by atoms with Gasteiger partial charge < -0.3 is 11.1 Å². The Kier molecular flexibility index (Phi) is 4.98. The van der Waals surface area contributed by atoms with Gasteiger partial charge in [0.15, 0.2) is 5.69 Å². The minimum atomic E-state index is -0.126. The Hall–Kier alpha value is -1.43. The summed E-state index contributed by atoms with van der Waals surface area (Å²) in [5.74, 6) is 0.383. The minimum Gasteiger partial charge on any atom is -0.348 e. The van der Waals surface area contributed by atoms with E-state index >= 15 is 0 Å². The van der Waals surface area contributed by atoms with Crippen LogP contribution in [0, 0.1) is 11.3 Å². The monoisotopic (exact) mass is 293 g/mol. The lowest BCUT2D eigenvalue weighted by molar-refractivity contribution is 0.0825. The molecular weight excluding hydrogens is 266 g/mol. The first-order chi connectivity index (χ1) is 9.91. The number of nitrogens with two attached hydrogens (primary N) is 1. The van der Waals surface area contributed by atoms with Gasteiger partial charge in [0.1, 0.15) is 0 Å². The first-order valence-electron chi connectivity index (χ1n) is 7.83. The second kappa shape index (κ2) is 6.56. The van der Waals surface area contributed by atoms with Gasteiger partial charge >= 0.3 is 0 Å². The molecule has 0 aliphatic heterocycles. The summed E-state index contributed by atoms with van der Waals surface area (Å²) in [6.07, 6.45) is 6.31. The Balaban J connectivity index is 2.02. The van der Waals surface area contributed by atoms with Gasteiger partial charge in [-0.25, -0.2) is 0 Å². The lowest BCUT2D eigenvalue weighted by Crippen LogP contribution is -2.46. The van der Waals surface area contributed by atoms with Crippen molar-refractivity contribution in [3.63, 3.8) is 0 Å². The van der Waals surface area contributed by atoms with Crippen molar-refractivity contribution in [2.75, 3.05) is 6.54 Å². The van der Waals surface area contributed by atoms with Gasteiger partial charge in [-0.3, -0.25) is 9.48 Å². The maximum absolute atomic E-state index is 12.3. The molecule has 1 heterocycles. The van der Waals surface area contributed by atoms with E-state index in [0.29, 0.717) is 24.7 Å². The van der Waals surface area contributed by atoms with Crippen molar-refractivity contribution in [3.05, 3.63) is 11.9 Å². The highest BCUT2D eigenvalue weighted by Gasteiger charge is 2.35. The third kappa shape index (κ3) is 4.03. The summed E-state index contributed by atoms with van der Waals surface area (Å²) in [7, 11) is 0. The Morgan fingerprint density at radius 3 is 2.81 bits per heavy atom. The molecule has 2 rings (SSSR count). The molecule has 1 saturated carbocycles. The van der Waals surface area contributed by atoms with E-state index in [1.165, 1.54) is 19.3 Å². The summed E-state index contributed by atoms with van der Waals surface area (Å²) >= 11 is 0. The molecule has 0 aromatic carbocycles. The van der Waals surface area contributed by atoms with Crippen molar-refractivity contribution in [1.29, 1.82) is 0 Å². The van der Waals surface area contributed by atoms with Crippen LogP contribution in [0.2, 0.25) is 0 Å². The van der Waals surface area contributed by atoms with Crippen LogP contribution in [0.1, 0.15) is 56.9 Å². The largest absolute Gasteiger partial charge is 0.348 e. The molecule has 6 heteroatoms. The summed E-state index contributed by atoms with van der Waals surface area (Å²) in [6, 6.07) is 0.228. The molecule has 0 radical (unpaired) electrons. The van der Waals surface area contributed by atoms with Crippen LogP contribution in [0.4, 0.5) is 0 Å². The van der Waals surface area contributed by atoms with Gasteiger partial charge in [0.2, 0.25) is 0 Å². The smallest absolute Gasteiger partial charge is 0.273 e. The molecular formula is C15H27N5O. The lowest BCUT2D eigenvalue weighted by Gasteiger charge is -2.40. The molecule has 6 nitrogen and oxygen atoms in total. The number of hydrogen-bond acceptors (Lipinski definition) is 4. The van der Waals surface area contributed by atoms with Crippen molar-refractivity contribution >= 4 is 5.91 Å². The van der Waals surface area contributed by atoms with Crippen molar-refractivity contribution in [2.45, 2.75) is 59.0 Å². The van der Waals surface area contributed by atoms with Crippen molar-refractivity contribution in [1.82, 2.24) is 20.3 Å². The van der Waals surface area contributed by atoms with Gasteiger partial charge in [-0.15, -0.1) is 5.10 Å². The zero-order chi connectivity index (χ0) is 15.5. The highest BCUT2D eigenvalue weighted by Crippen LogP contribution is 2.38. The summed E-state index contributed by atoms with van der Waals surface area (Å²) in [6.45, 7) is 7.81. The number of amides is 1. The van der Waals surface area contributed by atoms with Crippen LogP contribution in [-0.4, -0.2) is 33.5 Å². The normalized spacial score (nSPS) is 23.0. The van der Waals surface area contributed by atoms with Crippen molar-refractivity contribution in [2.24, 2.45) is 17.1 Å². The molecule has 1 amide bonds. The molecule has 1 aliphatic rings. The van der Waals surface area contributed by atoms with Crippen LogP contribution >= 0.6 is 0 Å². The fraction of sp³-hybridized carbons (Fsp3) is 0.800. The first-order valence-corrected chi connectivity index (χ1v) is 7.83. The van der Waals surface area contributed by atoms with Crippen LogP contribution in [0.3, 0.4) is 0 Å². The number of nitrogens with zero attached hydrogens (tertiary/aromatic N) is 3. The average molecular weight is 293 g/mol. The highest BCUT2D eigenvalue weighted by molar-refractivity contribution is 5.92. The predicted octanol–water partition coefficient (Wildman–Crippen LogP) is 1.57. The van der Waals surface area contributed by atoms with Crippen LogP contribution in [0.15, 0.2) is 6.20 Å².